The second kappa shape index (κ2) is 14.2. The molecule has 0 saturated heterocycles. The molecule has 6 aromatic carbocycles. The van der Waals surface area contributed by atoms with Crippen LogP contribution in [0.2, 0.25) is 0 Å². The zero-order valence-electron chi connectivity index (χ0n) is 31.3. The molecule has 57 heavy (non-hydrogen) atoms. The summed E-state index contributed by atoms with van der Waals surface area (Å²) in [5, 5.41) is 5.73. The largest absolute Gasteiger partial charge is 0.457 e. The van der Waals surface area contributed by atoms with Crippen LogP contribution in [0.1, 0.15) is 84.4 Å². The Morgan fingerprint density at radius 2 is 0.965 bits per heavy atom. The Bertz CT molecular complexity index is 2720. The SMILES string of the molecule is Cc1ccc(NC(=O)c2ccc3c(c2)C(=O)N(c2ccc(Oc4ccc(N5C(=O)c6ccc(C(=O)Nc7cccc(C)c7C)cc6C5=O)cc4)cc2)C3=O)cc1C. The van der Waals surface area contributed by atoms with Gasteiger partial charge in [-0.2, -0.15) is 0 Å². The molecule has 0 unspecified atom stereocenters. The molecule has 2 heterocycles. The van der Waals surface area contributed by atoms with E-state index in [0.29, 0.717) is 34.2 Å². The summed E-state index contributed by atoms with van der Waals surface area (Å²) in [4.78, 5) is 81.8. The van der Waals surface area contributed by atoms with Gasteiger partial charge in [0, 0.05) is 22.5 Å². The minimum atomic E-state index is -0.551. The number of anilines is 4. The number of benzene rings is 6. The standard InChI is InChI=1S/C46H34N4O7/c1-25-8-11-31(22-27(25)3)47-41(51)29-9-20-36-38(23-29)45(55)49(43(36)53)32-12-16-34(17-13-32)57-35-18-14-33(15-19-35)50-44(54)37-21-10-30(24-39(37)46(50)56)42(52)48-40-7-5-6-26(2)28(40)4/h5-24H,1-4H3,(H,47,51)(H,48,52). The van der Waals surface area contributed by atoms with Crippen molar-refractivity contribution < 1.29 is 33.5 Å². The van der Waals surface area contributed by atoms with Crippen LogP contribution in [0.15, 0.2) is 121 Å². The molecule has 0 bridgehead atoms. The summed E-state index contributed by atoms with van der Waals surface area (Å²) in [6.45, 7) is 7.79. The Kier molecular flexibility index (Phi) is 9.05. The second-order valence-corrected chi connectivity index (χ2v) is 14.0. The summed E-state index contributed by atoms with van der Waals surface area (Å²) in [5.41, 5.74) is 7.16. The first-order chi connectivity index (χ1) is 27.4. The lowest BCUT2D eigenvalue weighted by molar-refractivity contribution is 0.0910. The van der Waals surface area contributed by atoms with E-state index >= 15 is 0 Å². The highest BCUT2D eigenvalue weighted by Crippen LogP contribution is 2.34. The van der Waals surface area contributed by atoms with Crippen molar-refractivity contribution in [3.05, 3.63) is 177 Å². The molecule has 280 valence electrons. The normalized spacial score (nSPS) is 13.1. The van der Waals surface area contributed by atoms with E-state index in [1.54, 1.807) is 60.7 Å². The lowest BCUT2D eigenvalue weighted by Gasteiger charge is -2.16. The van der Waals surface area contributed by atoms with E-state index in [-0.39, 0.29) is 33.4 Å². The molecule has 0 aromatic heterocycles. The second-order valence-electron chi connectivity index (χ2n) is 14.0. The maximum Gasteiger partial charge on any atom is 0.266 e. The Morgan fingerprint density at radius 3 is 1.47 bits per heavy atom. The number of nitrogens with zero attached hydrogens (tertiary/aromatic N) is 2. The lowest BCUT2D eigenvalue weighted by Crippen LogP contribution is -2.29. The molecule has 11 heteroatoms. The van der Waals surface area contributed by atoms with Crippen molar-refractivity contribution in [2.45, 2.75) is 27.7 Å². The molecule has 6 amide bonds. The first kappa shape index (κ1) is 36.3. The monoisotopic (exact) mass is 754 g/mol. The number of carbonyl (C=O) groups excluding carboxylic acids is 6. The highest BCUT2D eigenvalue weighted by molar-refractivity contribution is 6.35. The fraction of sp³-hybridized carbons (Fsp3) is 0.0870. The molecular weight excluding hydrogens is 721 g/mol. The van der Waals surface area contributed by atoms with E-state index in [2.05, 4.69) is 10.6 Å². The number of nitrogens with one attached hydrogen (secondary N) is 2. The van der Waals surface area contributed by atoms with Crippen LogP contribution in [0.3, 0.4) is 0 Å². The predicted molar refractivity (Wildman–Crippen MR) is 216 cm³/mol. The topological polar surface area (TPSA) is 142 Å². The Morgan fingerprint density at radius 1 is 0.474 bits per heavy atom. The molecule has 0 saturated carbocycles. The molecule has 8 rings (SSSR count). The molecule has 0 atom stereocenters. The molecule has 2 N–H and O–H groups in total. The number of imide groups is 2. The maximum absolute atomic E-state index is 13.5. The zero-order chi connectivity index (χ0) is 40.1. The molecule has 0 radical (unpaired) electrons. The van der Waals surface area contributed by atoms with Crippen LogP contribution in [0.25, 0.3) is 0 Å². The summed E-state index contributed by atoms with van der Waals surface area (Å²) in [7, 11) is 0. The maximum atomic E-state index is 13.5. The van der Waals surface area contributed by atoms with E-state index in [1.807, 2.05) is 52.0 Å². The van der Waals surface area contributed by atoms with Crippen LogP contribution in [0.4, 0.5) is 22.7 Å². The number of carbonyl (C=O) groups is 6. The zero-order valence-corrected chi connectivity index (χ0v) is 31.3. The van der Waals surface area contributed by atoms with Crippen LogP contribution < -0.4 is 25.2 Å². The van der Waals surface area contributed by atoms with Crippen LogP contribution in [-0.4, -0.2) is 35.4 Å². The Balaban J connectivity index is 0.920. The van der Waals surface area contributed by atoms with Crippen LogP contribution >= 0.6 is 0 Å². The van der Waals surface area contributed by atoms with Gasteiger partial charge in [-0.25, -0.2) is 9.80 Å². The third-order valence-electron chi connectivity index (χ3n) is 10.3. The van der Waals surface area contributed by atoms with Gasteiger partial charge in [0.2, 0.25) is 0 Å². The van der Waals surface area contributed by atoms with Crippen LogP contribution in [0.5, 0.6) is 11.5 Å². The fourth-order valence-corrected chi connectivity index (χ4v) is 6.80. The summed E-state index contributed by atoms with van der Waals surface area (Å²) < 4.78 is 5.99. The number of aryl methyl sites for hydroxylation is 3. The van der Waals surface area contributed by atoms with Gasteiger partial charge in [-0.15, -0.1) is 0 Å². The van der Waals surface area contributed by atoms with Gasteiger partial charge in [-0.3, -0.25) is 28.8 Å². The number of rotatable bonds is 8. The Labute approximate surface area is 327 Å². The molecular formula is C46H34N4O7. The highest BCUT2D eigenvalue weighted by atomic mass is 16.5. The average Bonchev–Trinajstić information content (AvgIpc) is 3.61. The summed E-state index contributed by atoms with van der Waals surface area (Å²) in [6, 6.07) is 32.8. The first-order valence-corrected chi connectivity index (χ1v) is 18.1. The van der Waals surface area contributed by atoms with Crippen molar-refractivity contribution in [1.29, 1.82) is 0 Å². The van der Waals surface area contributed by atoms with Crippen molar-refractivity contribution in [3.8, 4) is 11.5 Å². The third kappa shape index (κ3) is 6.61. The van der Waals surface area contributed by atoms with Crippen molar-refractivity contribution >= 4 is 58.2 Å². The van der Waals surface area contributed by atoms with Gasteiger partial charge >= 0.3 is 0 Å². The van der Waals surface area contributed by atoms with Gasteiger partial charge in [-0.1, -0.05) is 18.2 Å². The van der Waals surface area contributed by atoms with Gasteiger partial charge in [-0.05, 0) is 153 Å². The minimum absolute atomic E-state index is 0.130. The number of fused-ring (bicyclic) bond motifs is 2. The van der Waals surface area contributed by atoms with Gasteiger partial charge in [0.05, 0.1) is 33.6 Å². The molecule has 0 spiro atoms. The third-order valence-corrected chi connectivity index (χ3v) is 10.3. The summed E-state index contributed by atoms with van der Waals surface area (Å²) in [5.74, 6) is -2.11. The van der Waals surface area contributed by atoms with Gasteiger partial charge < -0.3 is 15.4 Å². The molecule has 6 aromatic rings. The van der Waals surface area contributed by atoms with E-state index in [1.165, 1.54) is 36.4 Å². The molecule has 11 nitrogen and oxygen atoms in total. The molecule has 2 aliphatic heterocycles. The van der Waals surface area contributed by atoms with Crippen LogP contribution in [-0.2, 0) is 0 Å². The van der Waals surface area contributed by atoms with E-state index in [4.69, 9.17) is 4.74 Å². The van der Waals surface area contributed by atoms with Crippen LogP contribution in [0, 0.1) is 27.7 Å². The molecule has 0 fully saturated rings. The first-order valence-electron chi connectivity index (χ1n) is 18.1. The van der Waals surface area contributed by atoms with E-state index in [0.717, 1.165) is 32.1 Å². The molecule has 2 aliphatic rings. The lowest BCUT2D eigenvalue weighted by atomic mass is 10.0. The van der Waals surface area contributed by atoms with Crippen molar-refractivity contribution in [3.63, 3.8) is 0 Å². The van der Waals surface area contributed by atoms with Crippen molar-refractivity contribution in [2.24, 2.45) is 0 Å². The number of hydrogen-bond acceptors (Lipinski definition) is 7. The predicted octanol–water partition coefficient (Wildman–Crippen LogP) is 8.82. The minimum Gasteiger partial charge on any atom is -0.457 e. The Hall–Kier alpha value is -7.66. The summed E-state index contributed by atoms with van der Waals surface area (Å²) in [6.07, 6.45) is 0. The summed E-state index contributed by atoms with van der Waals surface area (Å²) >= 11 is 0. The van der Waals surface area contributed by atoms with E-state index < -0.39 is 35.4 Å². The fourth-order valence-electron chi connectivity index (χ4n) is 6.80. The average molecular weight is 755 g/mol. The van der Waals surface area contributed by atoms with Crippen molar-refractivity contribution in [2.75, 3.05) is 20.4 Å². The van der Waals surface area contributed by atoms with Gasteiger partial charge in [0.1, 0.15) is 11.5 Å². The quantitative estimate of drug-likeness (QED) is 0.148. The number of hydrogen-bond donors (Lipinski definition) is 2. The number of amides is 6. The van der Waals surface area contributed by atoms with Gasteiger partial charge in [0.25, 0.3) is 35.4 Å². The van der Waals surface area contributed by atoms with Crippen molar-refractivity contribution in [1.82, 2.24) is 0 Å². The van der Waals surface area contributed by atoms with Gasteiger partial charge in [0.15, 0.2) is 0 Å². The smallest absolute Gasteiger partial charge is 0.266 e. The highest BCUT2D eigenvalue weighted by Gasteiger charge is 2.38. The number of ether oxygens (including phenoxy) is 1. The van der Waals surface area contributed by atoms with E-state index in [9.17, 15) is 28.8 Å². The molecule has 0 aliphatic carbocycles.